The van der Waals surface area contributed by atoms with Gasteiger partial charge in [0.05, 0.1) is 0 Å². The molecular formula is C17H21NS. The van der Waals surface area contributed by atoms with Crippen molar-refractivity contribution in [2.45, 2.75) is 31.6 Å². The van der Waals surface area contributed by atoms with Crippen molar-refractivity contribution in [3.05, 3.63) is 35.2 Å². The summed E-state index contributed by atoms with van der Waals surface area (Å²) in [4.78, 5) is 0. The van der Waals surface area contributed by atoms with E-state index in [9.17, 15) is 0 Å². The minimum absolute atomic E-state index is 0.803. The highest BCUT2D eigenvalue weighted by Crippen LogP contribution is 2.39. The van der Waals surface area contributed by atoms with Crippen molar-refractivity contribution in [1.29, 1.82) is 0 Å². The Morgan fingerprint density at radius 2 is 1.74 bits per heavy atom. The molecule has 2 heteroatoms. The maximum absolute atomic E-state index is 3.57. The van der Waals surface area contributed by atoms with Gasteiger partial charge in [-0.05, 0) is 85.0 Å². The zero-order chi connectivity index (χ0) is 12.7. The van der Waals surface area contributed by atoms with E-state index in [0.29, 0.717) is 0 Å². The van der Waals surface area contributed by atoms with Crippen LogP contribution in [0, 0.1) is 11.8 Å². The molecule has 0 bridgehead atoms. The predicted octanol–water partition coefficient (Wildman–Crippen LogP) is 4.39. The summed E-state index contributed by atoms with van der Waals surface area (Å²) in [6.45, 7) is 2.53. The molecule has 4 rings (SSSR count). The highest BCUT2D eigenvalue weighted by molar-refractivity contribution is 7.17. The number of benzene rings is 1. The van der Waals surface area contributed by atoms with Crippen LogP contribution in [-0.2, 0) is 0 Å². The number of thiophene rings is 1. The van der Waals surface area contributed by atoms with Gasteiger partial charge in [-0.2, -0.15) is 0 Å². The molecule has 1 aromatic heterocycles. The van der Waals surface area contributed by atoms with Gasteiger partial charge in [-0.3, -0.25) is 0 Å². The molecule has 100 valence electrons. The summed E-state index contributed by atoms with van der Waals surface area (Å²) in [6.07, 6.45) is 5.62. The molecule has 0 radical (unpaired) electrons. The van der Waals surface area contributed by atoms with Crippen molar-refractivity contribution < 1.29 is 0 Å². The average molecular weight is 271 g/mol. The second-order valence-electron chi connectivity index (χ2n) is 6.25. The number of fused-ring (bicyclic) bond motifs is 2. The predicted molar refractivity (Wildman–Crippen MR) is 82.9 cm³/mol. The summed E-state index contributed by atoms with van der Waals surface area (Å²) in [5, 5.41) is 7.18. The van der Waals surface area contributed by atoms with Crippen LogP contribution in [0.1, 0.15) is 37.2 Å². The first-order chi connectivity index (χ1) is 9.40. The minimum atomic E-state index is 0.803. The van der Waals surface area contributed by atoms with Gasteiger partial charge in [0, 0.05) is 4.70 Å². The fourth-order valence-corrected chi connectivity index (χ4v) is 4.83. The normalized spacial score (nSPS) is 31.3. The van der Waals surface area contributed by atoms with E-state index in [4.69, 9.17) is 0 Å². The fourth-order valence-electron chi connectivity index (χ4n) is 4.00. The molecule has 2 aliphatic rings. The van der Waals surface area contributed by atoms with E-state index < -0.39 is 0 Å². The van der Waals surface area contributed by atoms with Crippen molar-refractivity contribution in [3.63, 3.8) is 0 Å². The van der Waals surface area contributed by atoms with Gasteiger partial charge in [-0.25, -0.2) is 0 Å². The van der Waals surface area contributed by atoms with Crippen LogP contribution in [0.25, 0.3) is 10.1 Å². The zero-order valence-corrected chi connectivity index (χ0v) is 12.1. The standard InChI is InChI=1S/C17H21NS/c1-5-15-10-18-11-16(15)6-2-12(1)14-4-3-13-7-8-19-17(13)9-14/h3-4,7-9,12,15-16,18H,1-2,5-6,10-11H2. The molecule has 19 heavy (non-hydrogen) atoms. The molecule has 1 saturated heterocycles. The van der Waals surface area contributed by atoms with Crippen molar-refractivity contribution in [2.24, 2.45) is 11.8 Å². The van der Waals surface area contributed by atoms with Crippen LogP contribution in [0.15, 0.2) is 29.6 Å². The van der Waals surface area contributed by atoms with Gasteiger partial charge in [0.25, 0.3) is 0 Å². The molecule has 2 fully saturated rings. The molecule has 1 nitrogen and oxygen atoms in total. The summed E-state index contributed by atoms with van der Waals surface area (Å²) < 4.78 is 1.46. The Balaban J connectivity index is 1.58. The first-order valence-corrected chi connectivity index (χ1v) is 8.46. The summed E-state index contributed by atoms with van der Waals surface area (Å²) in [7, 11) is 0. The molecule has 0 spiro atoms. The van der Waals surface area contributed by atoms with Crippen molar-refractivity contribution in [2.75, 3.05) is 13.1 Å². The summed E-state index contributed by atoms with van der Waals surface area (Å²) in [6, 6.07) is 9.37. The van der Waals surface area contributed by atoms with E-state index in [0.717, 1.165) is 17.8 Å². The smallest absolute Gasteiger partial charge is 0.0345 e. The second-order valence-corrected chi connectivity index (χ2v) is 7.20. The van der Waals surface area contributed by atoms with E-state index in [-0.39, 0.29) is 0 Å². The Morgan fingerprint density at radius 1 is 0.947 bits per heavy atom. The number of hydrogen-bond donors (Lipinski definition) is 1. The highest BCUT2D eigenvalue weighted by Gasteiger charge is 2.31. The minimum Gasteiger partial charge on any atom is -0.316 e. The lowest BCUT2D eigenvalue weighted by atomic mass is 9.91. The quantitative estimate of drug-likeness (QED) is 0.811. The lowest BCUT2D eigenvalue weighted by Gasteiger charge is -2.15. The van der Waals surface area contributed by atoms with Gasteiger partial charge >= 0.3 is 0 Å². The maximum Gasteiger partial charge on any atom is 0.0345 e. The van der Waals surface area contributed by atoms with Crippen molar-refractivity contribution in [3.8, 4) is 0 Å². The van der Waals surface area contributed by atoms with Crippen LogP contribution in [0.4, 0.5) is 0 Å². The largest absolute Gasteiger partial charge is 0.316 e. The number of rotatable bonds is 1. The monoisotopic (exact) mass is 271 g/mol. The molecule has 1 N–H and O–H groups in total. The Bertz CT molecular complexity index is 559. The third-order valence-electron chi connectivity index (χ3n) is 5.20. The van der Waals surface area contributed by atoms with Gasteiger partial charge in [-0.15, -0.1) is 11.3 Å². The Hall–Kier alpha value is -0.860. The molecule has 2 heterocycles. The molecule has 1 aliphatic heterocycles. The van der Waals surface area contributed by atoms with Crippen LogP contribution in [0.2, 0.25) is 0 Å². The third-order valence-corrected chi connectivity index (χ3v) is 6.08. The maximum atomic E-state index is 3.57. The van der Waals surface area contributed by atoms with E-state index in [1.807, 2.05) is 11.3 Å². The Kier molecular flexibility index (Phi) is 3.08. The van der Waals surface area contributed by atoms with Crippen LogP contribution >= 0.6 is 11.3 Å². The molecular weight excluding hydrogens is 250 g/mol. The molecule has 1 saturated carbocycles. The molecule has 2 aromatic rings. The van der Waals surface area contributed by atoms with Crippen LogP contribution in [0.5, 0.6) is 0 Å². The number of nitrogens with one attached hydrogen (secondary N) is 1. The summed E-state index contributed by atoms with van der Waals surface area (Å²) in [5.74, 6) is 2.71. The van der Waals surface area contributed by atoms with E-state index in [1.165, 1.54) is 48.9 Å². The van der Waals surface area contributed by atoms with Crippen LogP contribution in [-0.4, -0.2) is 13.1 Å². The third kappa shape index (κ3) is 2.21. The molecule has 0 amide bonds. The SMILES string of the molecule is c1cc2ccc(C3CCC4CNCC4CC3)cc2s1. The summed E-state index contributed by atoms with van der Waals surface area (Å²) in [5.41, 5.74) is 1.59. The average Bonchev–Trinajstić information content (AvgIpc) is 3.03. The van der Waals surface area contributed by atoms with Gasteiger partial charge in [0.15, 0.2) is 0 Å². The van der Waals surface area contributed by atoms with Gasteiger partial charge in [0.1, 0.15) is 0 Å². The summed E-state index contributed by atoms with van der Waals surface area (Å²) >= 11 is 1.88. The first-order valence-electron chi connectivity index (χ1n) is 7.58. The second kappa shape index (κ2) is 4.92. The van der Waals surface area contributed by atoms with Gasteiger partial charge < -0.3 is 5.32 Å². The van der Waals surface area contributed by atoms with E-state index in [2.05, 4.69) is 35.0 Å². The molecule has 2 unspecified atom stereocenters. The Labute approximate surface area is 119 Å². The van der Waals surface area contributed by atoms with Crippen molar-refractivity contribution in [1.82, 2.24) is 5.32 Å². The molecule has 2 atom stereocenters. The van der Waals surface area contributed by atoms with Gasteiger partial charge in [-0.1, -0.05) is 12.1 Å². The molecule has 1 aliphatic carbocycles. The highest BCUT2D eigenvalue weighted by atomic mass is 32.1. The first kappa shape index (κ1) is 11.9. The number of hydrogen-bond acceptors (Lipinski definition) is 2. The van der Waals surface area contributed by atoms with Crippen molar-refractivity contribution >= 4 is 21.4 Å². The van der Waals surface area contributed by atoms with E-state index >= 15 is 0 Å². The van der Waals surface area contributed by atoms with Crippen LogP contribution < -0.4 is 5.32 Å². The fraction of sp³-hybridized carbons (Fsp3) is 0.529. The topological polar surface area (TPSA) is 12.0 Å². The van der Waals surface area contributed by atoms with Crippen LogP contribution in [0.3, 0.4) is 0 Å². The Morgan fingerprint density at radius 3 is 2.53 bits per heavy atom. The lowest BCUT2D eigenvalue weighted by Crippen LogP contribution is -2.09. The lowest BCUT2D eigenvalue weighted by molar-refractivity contribution is 0.397. The van der Waals surface area contributed by atoms with E-state index in [1.54, 1.807) is 5.56 Å². The molecule has 1 aromatic carbocycles. The van der Waals surface area contributed by atoms with Gasteiger partial charge in [0.2, 0.25) is 0 Å². The zero-order valence-electron chi connectivity index (χ0n) is 11.3.